The summed E-state index contributed by atoms with van der Waals surface area (Å²) >= 11 is 0. The van der Waals surface area contributed by atoms with Crippen LogP contribution < -0.4 is 0 Å². The lowest BCUT2D eigenvalue weighted by atomic mass is 9.87. The van der Waals surface area contributed by atoms with E-state index >= 15 is 0 Å². The second-order valence-electron chi connectivity index (χ2n) is 4.02. The summed E-state index contributed by atoms with van der Waals surface area (Å²) in [5.74, 6) is 2.74. The molecule has 3 heteroatoms. The predicted octanol–water partition coefficient (Wildman–Crippen LogP) is 1.94. The Labute approximate surface area is 97.5 Å². The molecule has 0 amide bonds. The van der Waals surface area contributed by atoms with E-state index in [1.54, 1.807) is 0 Å². The van der Waals surface area contributed by atoms with Crippen LogP contribution in [0, 0.1) is 12.3 Å². The average Bonchev–Trinajstić information content (AvgIpc) is 2.31. The van der Waals surface area contributed by atoms with Crippen LogP contribution in [-0.4, -0.2) is 31.2 Å². The minimum absolute atomic E-state index is 0.188. The van der Waals surface area contributed by atoms with Gasteiger partial charge in [0.05, 0.1) is 0 Å². The molecule has 0 aliphatic carbocycles. The maximum absolute atomic E-state index is 12.1. The van der Waals surface area contributed by atoms with Crippen LogP contribution in [0.25, 0.3) is 0 Å². The molecule has 0 aromatic carbocycles. The molecule has 0 aromatic rings. The molecule has 0 unspecified atom stereocenters. The van der Waals surface area contributed by atoms with Crippen LogP contribution in [-0.2, 0) is 14.3 Å². The fraction of sp³-hybridized carbons (Fsp3) is 0.769. The highest BCUT2D eigenvalue weighted by Gasteiger charge is 2.39. The van der Waals surface area contributed by atoms with Crippen molar-refractivity contribution in [1.82, 2.24) is 0 Å². The van der Waals surface area contributed by atoms with E-state index in [9.17, 15) is 4.79 Å². The van der Waals surface area contributed by atoms with Gasteiger partial charge in [0.25, 0.3) is 0 Å². The van der Waals surface area contributed by atoms with E-state index in [2.05, 4.69) is 5.92 Å². The number of hydrogen-bond acceptors (Lipinski definition) is 3. The Balaban J connectivity index is 2.54. The maximum atomic E-state index is 12.1. The largest absolute Gasteiger partial charge is 0.381 e. The van der Waals surface area contributed by atoms with Crippen LogP contribution >= 0.6 is 0 Å². The molecule has 0 bridgehead atoms. The quantitative estimate of drug-likeness (QED) is 0.511. The zero-order chi connectivity index (χ0) is 11.9. The number of Topliss-reactive ketones (excluding diaryl/α,β-unsaturated/α-hetero) is 1. The molecule has 1 aliphatic heterocycles. The molecular weight excluding hydrogens is 204 g/mol. The Morgan fingerprint density at radius 2 is 2.19 bits per heavy atom. The van der Waals surface area contributed by atoms with Crippen molar-refractivity contribution < 1.29 is 14.3 Å². The first-order valence-corrected chi connectivity index (χ1v) is 5.93. The molecule has 0 aromatic heterocycles. The van der Waals surface area contributed by atoms with Gasteiger partial charge in [0, 0.05) is 45.5 Å². The van der Waals surface area contributed by atoms with Crippen molar-refractivity contribution in [3.63, 3.8) is 0 Å². The van der Waals surface area contributed by atoms with Crippen molar-refractivity contribution in [2.75, 3.05) is 19.8 Å². The third-order valence-corrected chi connectivity index (χ3v) is 2.95. The van der Waals surface area contributed by atoms with Crippen molar-refractivity contribution in [2.24, 2.45) is 0 Å². The molecule has 0 atom stereocenters. The number of carbonyl (C=O) groups is 1. The van der Waals surface area contributed by atoms with Gasteiger partial charge in [0.2, 0.25) is 0 Å². The van der Waals surface area contributed by atoms with E-state index in [1.165, 1.54) is 0 Å². The van der Waals surface area contributed by atoms with Crippen LogP contribution in [0.3, 0.4) is 0 Å². The molecule has 90 valence electrons. The first-order chi connectivity index (χ1) is 7.75. The molecular formula is C13H20O3. The fourth-order valence-corrected chi connectivity index (χ4v) is 2.06. The molecule has 3 nitrogen and oxygen atoms in total. The van der Waals surface area contributed by atoms with Crippen LogP contribution in [0.2, 0.25) is 0 Å². The third kappa shape index (κ3) is 3.33. The van der Waals surface area contributed by atoms with Gasteiger partial charge in [-0.25, -0.2) is 0 Å². The Morgan fingerprint density at radius 1 is 1.50 bits per heavy atom. The van der Waals surface area contributed by atoms with Crippen molar-refractivity contribution in [2.45, 2.75) is 44.6 Å². The Morgan fingerprint density at radius 3 is 2.75 bits per heavy atom. The third-order valence-electron chi connectivity index (χ3n) is 2.95. The minimum Gasteiger partial charge on any atom is -0.381 e. The van der Waals surface area contributed by atoms with Gasteiger partial charge >= 0.3 is 0 Å². The molecule has 1 aliphatic rings. The Kier molecular flexibility index (Phi) is 5.51. The molecule has 1 saturated heterocycles. The first-order valence-electron chi connectivity index (χ1n) is 5.93. The molecule has 1 rings (SSSR count). The predicted molar refractivity (Wildman–Crippen MR) is 62.1 cm³/mol. The highest BCUT2D eigenvalue weighted by atomic mass is 16.5. The summed E-state index contributed by atoms with van der Waals surface area (Å²) in [7, 11) is 0. The lowest BCUT2D eigenvalue weighted by Crippen LogP contribution is -2.46. The van der Waals surface area contributed by atoms with Gasteiger partial charge < -0.3 is 9.47 Å². The Bertz CT molecular complexity index is 253. The van der Waals surface area contributed by atoms with Gasteiger partial charge in [0.1, 0.15) is 5.60 Å². The van der Waals surface area contributed by atoms with E-state index in [4.69, 9.17) is 15.9 Å². The Hall–Kier alpha value is -0.850. The van der Waals surface area contributed by atoms with Crippen molar-refractivity contribution in [1.29, 1.82) is 0 Å². The first kappa shape index (κ1) is 13.2. The van der Waals surface area contributed by atoms with Crippen molar-refractivity contribution >= 4 is 5.78 Å². The summed E-state index contributed by atoms with van der Waals surface area (Å²) in [6, 6.07) is 0. The van der Waals surface area contributed by atoms with E-state index in [-0.39, 0.29) is 5.78 Å². The lowest BCUT2D eigenvalue weighted by molar-refractivity contribution is -0.157. The molecule has 16 heavy (non-hydrogen) atoms. The second kappa shape index (κ2) is 6.67. The summed E-state index contributed by atoms with van der Waals surface area (Å²) in [6.07, 6.45) is 8.46. The summed E-state index contributed by atoms with van der Waals surface area (Å²) < 4.78 is 11.0. The summed E-state index contributed by atoms with van der Waals surface area (Å²) in [4.78, 5) is 12.1. The van der Waals surface area contributed by atoms with Gasteiger partial charge in [-0.3, -0.25) is 4.79 Å². The minimum atomic E-state index is -0.596. The summed E-state index contributed by atoms with van der Waals surface area (Å²) in [5.41, 5.74) is -0.596. The van der Waals surface area contributed by atoms with Gasteiger partial charge in [0.15, 0.2) is 5.78 Å². The van der Waals surface area contributed by atoms with Gasteiger partial charge in [-0.15, -0.1) is 12.3 Å². The van der Waals surface area contributed by atoms with Crippen molar-refractivity contribution in [3.05, 3.63) is 0 Å². The number of rotatable bonds is 6. The molecule has 1 heterocycles. The molecule has 0 saturated carbocycles. The van der Waals surface area contributed by atoms with Crippen LogP contribution in [0.4, 0.5) is 0 Å². The number of ether oxygens (including phenoxy) is 2. The van der Waals surface area contributed by atoms with Crippen molar-refractivity contribution in [3.8, 4) is 12.3 Å². The molecule has 0 N–H and O–H groups in total. The highest BCUT2D eigenvalue weighted by molar-refractivity contribution is 5.87. The number of unbranched alkanes of at least 4 members (excludes halogenated alkanes) is 1. The lowest BCUT2D eigenvalue weighted by Gasteiger charge is -2.35. The standard InChI is InChI=1S/C13H20O3/c1-3-5-6-7-12(14)13(16-4-2)8-10-15-11-9-13/h1H,4-11H2,2H3. The van der Waals surface area contributed by atoms with Crippen LogP contribution in [0.1, 0.15) is 39.0 Å². The molecule has 0 radical (unpaired) electrons. The van der Waals surface area contributed by atoms with E-state index < -0.39 is 5.60 Å². The zero-order valence-electron chi connectivity index (χ0n) is 9.96. The smallest absolute Gasteiger partial charge is 0.164 e. The number of terminal acetylenes is 1. The van der Waals surface area contributed by atoms with Gasteiger partial charge in [-0.1, -0.05) is 0 Å². The van der Waals surface area contributed by atoms with Gasteiger partial charge in [-0.2, -0.15) is 0 Å². The zero-order valence-corrected chi connectivity index (χ0v) is 9.96. The normalized spacial score (nSPS) is 19.0. The average molecular weight is 224 g/mol. The highest BCUT2D eigenvalue weighted by Crippen LogP contribution is 2.28. The summed E-state index contributed by atoms with van der Waals surface area (Å²) in [5, 5.41) is 0. The van der Waals surface area contributed by atoms with Crippen LogP contribution in [0.5, 0.6) is 0 Å². The van der Waals surface area contributed by atoms with E-state index in [1.807, 2.05) is 6.92 Å². The fourth-order valence-electron chi connectivity index (χ4n) is 2.06. The van der Waals surface area contributed by atoms with E-state index in [0.717, 1.165) is 6.42 Å². The SMILES string of the molecule is C#CCCCC(=O)C1(OCC)CCOCC1. The van der Waals surface area contributed by atoms with E-state index in [0.29, 0.717) is 45.5 Å². The topological polar surface area (TPSA) is 35.5 Å². The maximum Gasteiger partial charge on any atom is 0.164 e. The summed E-state index contributed by atoms with van der Waals surface area (Å²) in [6.45, 7) is 3.72. The molecule has 1 fully saturated rings. The second-order valence-corrected chi connectivity index (χ2v) is 4.02. The number of ketones is 1. The van der Waals surface area contributed by atoms with Crippen LogP contribution in [0.15, 0.2) is 0 Å². The number of hydrogen-bond donors (Lipinski definition) is 0. The number of carbonyl (C=O) groups excluding carboxylic acids is 1. The monoisotopic (exact) mass is 224 g/mol. The van der Waals surface area contributed by atoms with Gasteiger partial charge in [-0.05, 0) is 13.3 Å². The molecule has 0 spiro atoms.